The first-order valence-corrected chi connectivity index (χ1v) is 20.4. The summed E-state index contributed by atoms with van der Waals surface area (Å²) in [6.45, 7) is 30.7. The van der Waals surface area contributed by atoms with E-state index < -0.39 is 0 Å². The lowest BCUT2D eigenvalue weighted by molar-refractivity contribution is 0.261. The lowest BCUT2D eigenvalue weighted by atomic mass is 9.72. The van der Waals surface area contributed by atoms with Gasteiger partial charge >= 0.3 is 0 Å². The van der Waals surface area contributed by atoms with Crippen LogP contribution in [0.5, 0.6) is 0 Å². The van der Waals surface area contributed by atoms with Crippen LogP contribution in [0.2, 0.25) is 0 Å². The van der Waals surface area contributed by atoms with Crippen molar-refractivity contribution in [3.8, 4) is 0 Å². The van der Waals surface area contributed by atoms with E-state index in [2.05, 4.69) is 145 Å². The van der Waals surface area contributed by atoms with E-state index in [4.69, 9.17) is 0 Å². The van der Waals surface area contributed by atoms with E-state index in [1.807, 2.05) is 0 Å². The number of hydrogen-bond donors (Lipinski definition) is 3. The average Bonchev–Trinajstić information content (AvgIpc) is 3.03. The van der Waals surface area contributed by atoms with Gasteiger partial charge in [-0.15, -0.1) is 0 Å². The molecule has 0 saturated heterocycles. The van der Waals surface area contributed by atoms with Gasteiger partial charge in [0, 0.05) is 25.7 Å². The standard InChI is InChI=1S/C49H76O3/c1-33(20-23-50)26-37-14-17-40(47(5,6)7)30-43(37)36(4)29-46(44-31-41(48(8,9)10)18-15-38(44)27-34(2)21-24-51)45-32-42(49(11,12)13)19-16-39(45)28-35(3)22-25-52/h14-19,30-36,46,50-52H,20-29H2,1-13H3. The lowest BCUT2D eigenvalue weighted by Gasteiger charge is -2.32. The van der Waals surface area contributed by atoms with Gasteiger partial charge in [0.05, 0.1) is 0 Å². The predicted octanol–water partition coefficient (Wildman–Crippen LogP) is 11.6. The highest BCUT2D eigenvalue weighted by Gasteiger charge is 2.29. The Hall–Kier alpha value is -2.46. The van der Waals surface area contributed by atoms with Crippen LogP contribution in [0.3, 0.4) is 0 Å². The third-order valence-electron chi connectivity index (χ3n) is 11.5. The first-order chi connectivity index (χ1) is 24.2. The van der Waals surface area contributed by atoms with Crippen molar-refractivity contribution in [2.45, 2.75) is 163 Å². The normalized spacial score (nSPS) is 15.7. The van der Waals surface area contributed by atoms with Gasteiger partial charge in [-0.2, -0.15) is 0 Å². The molecular formula is C49H76O3. The molecule has 0 fully saturated rings. The van der Waals surface area contributed by atoms with Gasteiger partial charge in [-0.25, -0.2) is 0 Å². The van der Waals surface area contributed by atoms with Crippen LogP contribution in [0.25, 0.3) is 0 Å². The second-order valence-electron chi connectivity index (χ2n) is 19.6. The minimum atomic E-state index is 0.00292. The number of aliphatic hydroxyl groups excluding tert-OH is 3. The van der Waals surface area contributed by atoms with Crippen LogP contribution in [0.4, 0.5) is 0 Å². The highest BCUT2D eigenvalue weighted by Crippen LogP contribution is 2.43. The van der Waals surface area contributed by atoms with Crippen LogP contribution in [0.1, 0.15) is 178 Å². The molecule has 0 aliphatic rings. The zero-order valence-corrected chi connectivity index (χ0v) is 35.5. The maximum atomic E-state index is 9.91. The summed E-state index contributed by atoms with van der Waals surface area (Å²) in [6.07, 6.45) is 6.19. The molecule has 0 heterocycles. The van der Waals surface area contributed by atoms with Crippen molar-refractivity contribution in [3.05, 3.63) is 105 Å². The molecule has 0 radical (unpaired) electrons. The van der Waals surface area contributed by atoms with E-state index in [0.29, 0.717) is 17.8 Å². The maximum Gasteiger partial charge on any atom is 0.0433 e. The van der Waals surface area contributed by atoms with E-state index in [-0.39, 0.29) is 47.9 Å². The molecular weight excluding hydrogens is 637 g/mol. The van der Waals surface area contributed by atoms with Gasteiger partial charge in [0.25, 0.3) is 0 Å². The molecule has 3 heteroatoms. The van der Waals surface area contributed by atoms with Gasteiger partial charge in [-0.3, -0.25) is 0 Å². The van der Waals surface area contributed by atoms with Gasteiger partial charge in [-0.05, 0) is 135 Å². The van der Waals surface area contributed by atoms with E-state index in [9.17, 15) is 15.3 Å². The third kappa shape index (κ3) is 12.3. The van der Waals surface area contributed by atoms with Gasteiger partial charge in [0.15, 0.2) is 0 Å². The smallest absolute Gasteiger partial charge is 0.0433 e. The summed E-state index contributed by atoms with van der Waals surface area (Å²) in [5.74, 6) is 1.59. The zero-order valence-electron chi connectivity index (χ0n) is 35.5. The molecule has 3 aromatic carbocycles. The predicted molar refractivity (Wildman–Crippen MR) is 224 cm³/mol. The van der Waals surface area contributed by atoms with Gasteiger partial charge < -0.3 is 15.3 Å². The summed E-state index contributed by atoms with van der Waals surface area (Å²) in [6, 6.07) is 21.7. The van der Waals surface area contributed by atoms with E-state index in [1.54, 1.807) is 0 Å². The highest BCUT2D eigenvalue weighted by atomic mass is 16.3. The Bertz CT molecular complexity index is 1470. The van der Waals surface area contributed by atoms with Crippen molar-refractivity contribution in [2.75, 3.05) is 19.8 Å². The van der Waals surface area contributed by atoms with Crippen LogP contribution in [0, 0.1) is 17.8 Å². The first-order valence-electron chi connectivity index (χ1n) is 20.4. The van der Waals surface area contributed by atoms with Crippen LogP contribution < -0.4 is 0 Å². The van der Waals surface area contributed by atoms with E-state index in [1.165, 1.54) is 50.1 Å². The van der Waals surface area contributed by atoms with Crippen LogP contribution in [-0.4, -0.2) is 35.1 Å². The Morgan fingerprint density at radius 1 is 0.442 bits per heavy atom. The summed E-state index contributed by atoms with van der Waals surface area (Å²) in [5.41, 5.74) is 12.6. The second kappa shape index (κ2) is 18.7. The van der Waals surface area contributed by atoms with Crippen molar-refractivity contribution in [2.24, 2.45) is 17.8 Å². The number of hydrogen-bond acceptors (Lipinski definition) is 3. The van der Waals surface area contributed by atoms with Crippen LogP contribution >= 0.6 is 0 Å². The Labute approximate surface area is 319 Å². The van der Waals surface area contributed by atoms with Crippen molar-refractivity contribution in [3.63, 3.8) is 0 Å². The topological polar surface area (TPSA) is 60.7 Å². The lowest BCUT2D eigenvalue weighted by Crippen LogP contribution is -2.19. The molecule has 4 atom stereocenters. The molecule has 52 heavy (non-hydrogen) atoms. The fraction of sp³-hybridized carbons (Fsp3) is 0.633. The molecule has 0 amide bonds. The molecule has 3 aromatic rings. The first kappa shape index (κ1) is 43.9. The molecule has 0 bridgehead atoms. The molecule has 0 aliphatic heterocycles. The summed E-state index contributed by atoms with van der Waals surface area (Å²) >= 11 is 0. The van der Waals surface area contributed by atoms with Gasteiger partial charge in [0.1, 0.15) is 0 Å². The van der Waals surface area contributed by atoms with Crippen LogP contribution in [-0.2, 0) is 35.5 Å². The third-order valence-corrected chi connectivity index (χ3v) is 11.5. The SMILES string of the molecule is CC(CCO)Cc1ccc(C(C)(C)C)cc1C(C)CC(c1cc(C(C)(C)C)ccc1CC(C)CCO)c1cc(C(C)(C)C)ccc1CC(C)CCO. The van der Waals surface area contributed by atoms with Crippen molar-refractivity contribution in [1.82, 2.24) is 0 Å². The summed E-state index contributed by atoms with van der Waals surface area (Å²) in [7, 11) is 0. The summed E-state index contributed by atoms with van der Waals surface area (Å²) in [4.78, 5) is 0. The monoisotopic (exact) mass is 713 g/mol. The Morgan fingerprint density at radius 2 is 0.731 bits per heavy atom. The van der Waals surface area contributed by atoms with E-state index >= 15 is 0 Å². The van der Waals surface area contributed by atoms with Crippen molar-refractivity contribution in [1.29, 1.82) is 0 Å². The molecule has 290 valence electrons. The van der Waals surface area contributed by atoms with Crippen molar-refractivity contribution < 1.29 is 15.3 Å². The number of aliphatic hydroxyl groups is 3. The Balaban J connectivity index is 2.40. The van der Waals surface area contributed by atoms with Crippen molar-refractivity contribution >= 4 is 0 Å². The minimum Gasteiger partial charge on any atom is -0.396 e. The largest absolute Gasteiger partial charge is 0.396 e. The molecule has 0 saturated carbocycles. The number of benzene rings is 3. The Morgan fingerprint density at radius 3 is 1.02 bits per heavy atom. The zero-order chi connectivity index (χ0) is 39.0. The number of rotatable bonds is 17. The fourth-order valence-electron chi connectivity index (χ4n) is 7.85. The minimum absolute atomic E-state index is 0.00292. The van der Waals surface area contributed by atoms with Gasteiger partial charge in [-0.1, -0.05) is 145 Å². The second-order valence-corrected chi connectivity index (χ2v) is 19.6. The Kier molecular flexibility index (Phi) is 15.8. The van der Waals surface area contributed by atoms with Crippen LogP contribution in [0.15, 0.2) is 54.6 Å². The molecule has 3 N–H and O–H groups in total. The fourth-order valence-corrected chi connectivity index (χ4v) is 7.85. The molecule has 0 spiro atoms. The van der Waals surface area contributed by atoms with Gasteiger partial charge in [0.2, 0.25) is 0 Å². The summed E-state index contributed by atoms with van der Waals surface area (Å²) in [5, 5.41) is 29.6. The summed E-state index contributed by atoms with van der Waals surface area (Å²) < 4.78 is 0. The maximum absolute atomic E-state index is 9.91. The quantitative estimate of drug-likeness (QED) is 0.131. The molecule has 3 nitrogen and oxygen atoms in total. The average molecular weight is 713 g/mol. The molecule has 3 rings (SSSR count). The molecule has 0 aliphatic carbocycles. The highest BCUT2D eigenvalue weighted by molar-refractivity contribution is 5.48. The molecule has 0 aromatic heterocycles. The van der Waals surface area contributed by atoms with E-state index in [0.717, 1.165) is 44.9 Å². The molecule has 4 unspecified atom stereocenters.